The van der Waals surface area contributed by atoms with E-state index in [1.165, 1.54) is 0 Å². The Morgan fingerprint density at radius 3 is 2.12 bits per heavy atom. The van der Waals surface area contributed by atoms with Gasteiger partial charge < -0.3 is 31.2 Å². The standard InChI is InChI=1S/C17H35N7O2/c1-4-6-8-19-15-22-16(24-17(23-15)21-14(3)5-2)20-9-11-26-13-12-25-10-7-18/h14H,4-13,18H2,1-3H3,(H3,19,20,21,22,23,24). The van der Waals surface area contributed by atoms with Crippen molar-refractivity contribution in [2.75, 3.05) is 62.0 Å². The lowest BCUT2D eigenvalue weighted by molar-refractivity contribution is 0.0547. The third-order valence-electron chi connectivity index (χ3n) is 3.60. The molecular formula is C17H35N7O2. The third kappa shape index (κ3) is 10.3. The summed E-state index contributed by atoms with van der Waals surface area (Å²) in [6.45, 7) is 10.6. The number of nitrogens with one attached hydrogen (secondary N) is 3. The number of ether oxygens (including phenoxy) is 2. The van der Waals surface area contributed by atoms with Gasteiger partial charge >= 0.3 is 0 Å². The van der Waals surface area contributed by atoms with Crippen molar-refractivity contribution in [2.24, 2.45) is 5.73 Å². The smallest absolute Gasteiger partial charge is 0.229 e. The monoisotopic (exact) mass is 369 g/mol. The normalized spacial score (nSPS) is 12.0. The summed E-state index contributed by atoms with van der Waals surface area (Å²) in [6, 6.07) is 0.297. The van der Waals surface area contributed by atoms with Crippen molar-refractivity contribution in [3.05, 3.63) is 0 Å². The van der Waals surface area contributed by atoms with Gasteiger partial charge in [0.1, 0.15) is 0 Å². The molecule has 9 heteroatoms. The molecule has 1 atom stereocenters. The molecule has 1 heterocycles. The van der Waals surface area contributed by atoms with Crippen LogP contribution in [0.4, 0.5) is 17.8 Å². The lowest BCUT2D eigenvalue weighted by Crippen LogP contribution is -2.20. The summed E-state index contributed by atoms with van der Waals surface area (Å²) in [7, 11) is 0. The van der Waals surface area contributed by atoms with E-state index in [-0.39, 0.29) is 0 Å². The van der Waals surface area contributed by atoms with Crippen molar-refractivity contribution in [1.82, 2.24) is 15.0 Å². The van der Waals surface area contributed by atoms with Gasteiger partial charge in [-0.15, -0.1) is 0 Å². The van der Waals surface area contributed by atoms with E-state index in [9.17, 15) is 0 Å². The van der Waals surface area contributed by atoms with Crippen molar-refractivity contribution in [3.8, 4) is 0 Å². The molecule has 1 unspecified atom stereocenters. The number of nitrogens with two attached hydrogens (primary N) is 1. The molecular weight excluding hydrogens is 334 g/mol. The molecule has 26 heavy (non-hydrogen) atoms. The van der Waals surface area contributed by atoms with Gasteiger partial charge in [0.15, 0.2) is 0 Å². The highest BCUT2D eigenvalue weighted by molar-refractivity contribution is 5.42. The molecule has 0 spiro atoms. The highest BCUT2D eigenvalue weighted by atomic mass is 16.5. The van der Waals surface area contributed by atoms with Crippen molar-refractivity contribution in [3.63, 3.8) is 0 Å². The first-order valence-corrected chi connectivity index (χ1v) is 9.55. The molecule has 0 aromatic carbocycles. The molecule has 0 fully saturated rings. The Balaban J connectivity index is 2.47. The van der Waals surface area contributed by atoms with Crippen LogP contribution in [0.1, 0.15) is 40.0 Å². The summed E-state index contributed by atoms with van der Waals surface area (Å²) in [5, 5.41) is 9.72. The maximum atomic E-state index is 5.49. The average Bonchev–Trinajstić information content (AvgIpc) is 2.64. The molecule has 0 radical (unpaired) electrons. The number of nitrogens with zero attached hydrogens (tertiary/aromatic N) is 3. The van der Waals surface area contributed by atoms with Crippen LogP contribution in [0, 0.1) is 0 Å². The van der Waals surface area contributed by atoms with Crippen LogP contribution < -0.4 is 21.7 Å². The zero-order valence-electron chi connectivity index (χ0n) is 16.4. The summed E-state index contributed by atoms with van der Waals surface area (Å²) in [6.07, 6.45) is 3.18. The molecule has 9 nitrogen and oxygen atoms in total. The zero-order chi connectivity index (χ0) is 19.0. The van der Waals surface area contributed by atoms with E-state index in [0.717, 1.165) is 25.8 Å². The number of anilines is 3. The summed E-state index contributed by atoms with van der Waals surface area (Å²) >= 11 is 0. The molecule has 0 aliphatic rings. The number of unbranched alkanes of at least 4 members (excludes halogenated alkanes) is 1. The van der Waals surface area contributed by atoms with Crippen LogP contribution in [0.15, 0.2) is 0 Å². The minimum Gasteiger partial charge on any atom is -0.378 e. The van der Waals surface area contributed by atoms with Crippen LogP contribution in [0.25, 0.3) is 0 Å². The SMILES string of the molecule is CCCCNc1nc(NCCOCCOCCN)nc(NC(C)CC)n1. The highest BCUT2D eigenvalue weighted by Crippen LogP contribution is 2.11. The van der Waals surface area contributed by atoms with E-state index in [0.29, 0.717) is 63.4 Å². The first kappa shape index (κ1) is 22.3. The molecule has 0 aliphatic carbocycles. The molecule has 1 aromatic heterocycles. The number of hydrogen-bond acceptors (Lipinski definition) is 9. The number of aromatic nitrogens is 3. The summed E-state index contributed by atoms with van der Waals surface area (Å²) in [4.78, 5) is 13.3. The fraction of sp³-hybridized carbons (Fsp3) is 0.824. The molecule has 150 valence electrons. The molecule has 0 saturated carbocycles. The Labute approximate surface area is 156 Å². The van der Waals surface area contributed by atoms with Gasteiger partial charge in [0.05, 0.1) is 26.4 Å². The Hall–Kier alpha value is -1.71. The summed E-state index contributed by atoms with van der Waals surface area (Å²) < 4.78 is 10.7. The highest BCUT2D eigenvalue weighted by Gasteiger charge is 2.08. The van der Waals surface area contributed by atoms with Crippen molar-refractivity contribution < 1.29 is 9.47 Å². The Morgan fingerprint density at radius 1 is 0.885 bits per heavy atom. The average molecular weight is 370 g/mol. The van der Waals surface area contributed by atoms with E-state index < -0.39 is 0 Å². The lowest BCUT2D eigenvalue weighted by atomic mass is 10.3. The fourth-order valence-corrected chi connectivity index (χ4v) is 1.94. The van der Waals surface area contributed by atoms with Crippen molar-refractivity contribution in [1.29, 1.82) is 0 Å². The van der Waals surface area contributed by atoms with Crippen LogP contribution in [-0.2, 0) is 9.47 Å². The predicted molar refractivity (Wildman–Crippen MR) is 106 cm³/mol. The third-order valence-corrected chi connectivity index (χ3v) is 3.60. The Bertz CT molecular complexity index is 476. The summed E-state index contributed by atoms with van der Waals surface area (Å²) in [5.41, 5.74) is 5.35. The molecule has 0 bridgehead atoms. The first-order chi connectivity index (χ1) is 12.7. The van der Waals surface area contributed by atoms with Crippen LogP contribution in [0.5, 0.6) is 0 Å². The Morgan fingerprint density at radius 2 is 1.50 bits per heavy atom. The van der Waals surface area contributed by atoms with Crippen LogP contribution >= 0.6 is 0 Å². The zero-order valence-corrected chi connectivity index (χ0v) is 16.4. The van der Waals surface area contributed by atoms with E-state index in [1.54, 1.807) is 0 Å². The van der Waals surface area contributed by atoms with Crippen molar-refractivity contribution in [2.45, 2.75) is 46.1 Å². The van der Waals surface area contributed by atoms with Crippen LogP contribution in [-0.4, -0.2) is 67.1 Å². The van der Waals surface area contributed by atoms with Gasteiger partial charge in [0, 0.05) is 25.7 Å². The van der Waals surface area contributed by atoms with Gasteiger partial charge in [-0.3, -0.25) is 0 Å². The number of rotatable bonds is 16. The second-order valence-electron chi connectivity index (χ2n) is 5.98. The maximum Gasteiger partial charge on any atom is 0.229 e. The van der Waals surface area contributed by atoms with Gasteiger partial charge in [-0.1, -0.05) is 20.3 Å². The fourth-order valence-electron chi connectivity index (χ4n) is 1.94. The summed E-state index contributed by atoms with van der Waals surface area (Å²) in [5.74, 6) is 1.69. The first-order valence-electron chi connectivity index (χ1n) is 9.55. The van der Waals surface area contributed by atoms with Gasteiger partial charge in [-0.25, -0.2) is 0 Å². The quantitative estimate of drug-likeness (QED) is 0.323. The van der Waals surface area contributed by atoms with Crippen LogP contribution in [0.3, 0.4) is 0 Å². The molecule has 0 saturated heterocycles. The second kappa shape index (κ2) is 14.5. The number of hydrogen-bond donors (Lipinski definition) is 4. The molecule has 0 aliphatic heterocycles. The molecule has 1 aromatic rings. The minimum absolute atomic E-state index is 0.297. The molecule has 5 N–H and O–H groups in total. The topological polar surface area (TPSA) is 119 Å². The van der Waals surface area contributed by atoms with Crippen LogP contribution in [0.2, 0.25) is 0 Å². The van der Waals surface area contributed by atoms with E-state index in [1.807, 2.05) is 0 Å². The maximum absolute atomic E-state index is 5.49. The Kier molecular flexibility index (Phi) is 12.4. The van der Waals surface area contributed by atoms with Gasteiger partial charge in [-0.2, -0.15) is 15.0 Å². The van der Waals surface area contributed by atoms with E-state index >= 15 is 0 Å². The van der Waals surface area contributed by atoms with Gasteiger partial charge in [0.2, 0.25) is 17.8 Å². The molecule has 0 amide bonds. The minimum atomic E-state index is 0.297. The van der Waals surface area contributed by atoms with E-state index in [2.05, 4.69) is 51.7 Å². The van der Waals surface area contributed by atoms with E-state index in [4.69, 9.17) is 15.2 Å². The molecule has 1 rings (SSSR count). The van der Waals surface area contributed by atoms with Crippen molar-refractivity contribution >= 4 is 17.8 Å². The second-order valence-corrected chi connectivity index (χ2v) is 5.98. The predicted octanol–water partition coefficient (Wildman–Crippen LogP) is 1.70. The van der Waals surface area contributed by atoms with Gasteiger partial charge in [0.25, 0.3) is 0 Å². The van der Waals surface area contributed by atoms with Gasteiger partial charge in [-0.05, 0) is 19.8 Å². The lowest BCUT2D eigenvalue weighted by Gasteiger charge is -2.14. The largest absolute Gasteiger partial charge is 0.378 e.